The van der Waals surface area contributed by atoms with Crippen LogP contribution in [0.3, 0.4) is 0 Å². The molecule has 1 N–H and O–H groups in total. The summed E-state index contributed by atoms with van der Waals surface area (Å²) in [6.07, 6.45) is 1.40. The Morgan fingerprint density at radius 2 is 1.77 bits per heavy atom. The molecule has 1 amide bonds. The third-order valence-electron chi connectivity index (χ3n) is 5.55. The Labute approximate surface area is 180 Å². The monoisotopic (exact) mass is 418 g/mol. The van der Waals surface area contributed by atoms with Crippen molar-refractivity contribution >= 4 is 28.0 Å². The number of para-hydroxylation sites is 1. The molecule has 0 aliphatic rings. The predicted molar refractivity (Wildman–Crippen MR) is 121 cm³/mol. The van der Waals surface area contributed by atoms with Crippen LogP contribution in [0, 0.1) is 0 Å². The van der Waals surface area contributed by atoms with Gasteiger partial charge in [0.05, 0.1) is 6.33 Å². The molecular formula is C24H26N4O3. The molecule has 0 aliphatic carbocycles. The molecule has 4 rings (SSSR count). The Morgan fingerprint density at radius 3 is 2.55 bits per heavy atom. The van der Waals surface area contributed by atoms with Gasteiger partial charge in [0.25, 0.3) is 5.56 Å². The minimum absolute atomic E-state index is 0.114. The van der Waals surface area contributed by atoms with Gasteiger partial charge in [-0.15, -0.1) is 0 Å². The molecule has 0 atom stereocenters. The van der Waals surface area contributed by atoms with Crippen LogP contribution in [-0.4, -0.2) is 33.4 Å². The number of benzene rings is 2. The summed E-state index contributed by atoms with van der Waals surface area (Å²) in [5, 5.41) is 3.71. The first-order valence-corrected chi connectivity index (χ1v) is 10.5. The molecule has 0 unspecified atom stereocenters. The number of aromatic nitrogens is 2. The van der Waals surface area contributed by atoms with E-state index in [4.69, 9.17) is 4.42 Å². The van der Waals surface area contributed by atoms with Gasteiger partial charge in [0.2, 0.25) is 11.5 Å². The van der Waals surface area contributed by atoms with Gasteiger partial charge in [-0.25, -0.2) is 4.98 Å². The molecule has 2 heterocycles. The van der Waals surface area contributed by atoms with Gasteiger partial charge >= 0.3 is 0 Å². The van der Waals surface area contributed by atoms with Crippen LogP contribution in [0.25, 0.3) is 22.1 Å². The van der Waals surface area contributed by atoms with Crippen LogP contribution in [0.1, 0.15) is 25.0 Å². The van der Waals surface area contributed by atoms with Crippen molar-refractivity contribution in [3.05, 3.63) is 76.3 Å². The molecule has 4 aromatic rings. The fourth-order valence-corrected chi connectivity index (χ4v) is 3.70. The number of carbonyl (C=O) groups is 1. The number of fused-ring (bicyclic) bond motifs is 3. The van der Waals surface area contributed by atoms with Crippen molar-refractivity contribution in [3.8, 4) is 0 Å². The van der Waals surface area contributed by atoms with Crippen molar-refractivity contribution in [3.63, 3.8) is 0 Å². The molecule has 7 nitrogen and oxygen atoms in total. The highest BCUT2D eigenvalue weighted by molar-refractivity contribution is 6.01. The lowest BCUT2D eigenvalue weighted by molar-refractivity contribution is -0.121. The van der Waals surface area contributed by atoms with Crippen molar-refractivity contribution in [2.24, 2.45) is 0 Å². The first kappa shape index (κ1) is 20.8. The maximum atomic E-state index is 12.8. The smallest absolute Gasteiger partial charge is 0.297 e. The molecule has 0 bridgehead atoms. The summed E-state index contributed by atoms with van der Waals surface area (Å²) < 4.78 is 6.96. The quantitative estimate of drug-likeness (QED) is 0.475. The molecule has 160 valence electrons. The van der Waals surface area contributed by atoms with Crippen molar-refractivity contribution in [1.82, 2.24) is 19.8 Å². The van der Waals surface area contributed by atoms with Crippen LogP contribution in [0.4, 0.5) is 0 Å². The maximum absolute atomic E-state index is 12.8. The lowest BCUT2D eigenvalue weighted by Gasteiger charge is -2.20. The van der Waals surface area contributed by atoms with Crippen molar-refractivity contribution in [2.45, 2.75) is 33.5 Å². The standard InChI is InChI=1S/C24H26N4O3/c1-3-27(4-2)14-18-10-6-5-9-17(18)13-25-21(29)15-28-16-26-22-19-11-7-8-12-20(19)31-23(22)24(28)30/h5-12,16H,3-4,13-15H2,1-2H3,(H,25,29). The number of hydrogen-bond donors (Lipinski definition) is 1. The average Bonchev–Trinajstić information content (AvgIpc) is 3.18. The van der Waals surface area contributed by atoms with E-state index >= 15 is 0 Å². The van der Waals surface area contributed by atoms with Gasteiger partial charge in [0, 0.05) is 18.5 Å². The second-order valence-corrected chi connectivity index (χ2v) is 7.46. The van der Waals surface area contributed by atoms with Gasteiger partial charge in [-0.2, -0.15) is 0 Å². The van der Waals surface area contributed by atoms with E-state index in [2.05, 4.69) is 35.1 Å². The molecule has 0 radical (unpaired) electrons. The highest BCUT2D eigenvalue weighted by Crippen LogP contribution is 2.24. The first-order chi connectivity index (χ1) is 15.1. The van der Waals surface area contributed by atoms with Gasteiger partial charge in [0.1, 0.15) is 17.6 Å². The van der Waals surface area contributed by atoms with E-state index < -0.39 is 0 Å². The van der Waals surface area contributed by atoms with Crippen LogP contribution in [0.5, 0.6) is 0 Å². The summed E-state index contributed by atoms with van der Waals surface area (Å²) in [6.45, 7) is 7.35. The van der Waals surface area contributed by atoms with Gasteiger partial charge < -0.3 is 9.73 Å². The second-order valence-electron chi connectivity index (χ2n) is 7.46. The molecule has 2 aromatic carbocycles. The predicted octanol–water partition coefficient (Wildman–Crippen LogP) is 3.30. The average molecular weight is 418 g/mol. The van der Waals surface area contributed by atoms with E-state index in [0.717, 1.165) is 30.6 Å². The van der Waals surface area contributed by atoms with E-state index in [1.165, 1.54) is 16.5 Å². The summed E-state index contributed by atoms with van der Waals surface area (Å²) in [4.78, 5) is 32.0. The van der Waals surface area contributed by atoms with Gasteiger partial charge in [-0.05, 0) is 36.3 Å². The fourth-order valence-electron chi connectivity index (χ4n) is 3.70. The third-order valence-corrected chi connectivity index (χ3v) is 5.55. The summed E-state index contributed by atoms with van der Waals surface area (Å²) in [5.41, 5.74) is 3.19. The maximum Gasteiger partial charge on any atom is 0.297 e. The van der Waals surface area contributed by atoms with E-state index in [1.54, 1.807) is 6.07 Å². The molecule has 0 saturated carbocycles. The van der Waals surface area contributed by atoms with Crippen molar-refractivity contribution in [1.29, 1.82) is 0 Å². The van der Waals surface area contributed by atoms with Crippen LogP contribution >= 0.6 is 0 Å². The normalized spacial score (nSPS) is 11.5. The molecule has 0 saturated heterocycles. The zero-order valence-corrected chi connectivity index (χ0v) is 17.8. The Hall–Kier alpha value is -3.45. The SMILES string of the molecule is CCN(CC)Cc1ccccc1CNC(=O)Cn1cnc2c(oc3ccccc32)c1=O. The number of rotatable bonds is 8. The third kappa shape index (κ3) is 4.36. The number of nitrogens with one attached hydrogen (secondary N) is 1. The van der Waals surface area contributed by atoms with Gasteiger partial charge in [0.15, 0.2) is 0 Å². The molecule has 0 fully saturated rings. The Kier molecular flexibility index (Phi) is 6.13. The van der Waals surface area contributed by atoms with Crippen LogP contribution in [-0.2, 0) is 24.4 Å². The van der Waals surface area contributed by atoms with Crippen LogP contribution in [0.2, 0.25) is 0 Å². The van der Waals surface area contributed by atoms with Crippen LogP contribution < -0.4 is 10.9 Å². The molecule has 0 aliphatic heterocycles. The zero-order chi connectivity index (χ0) is 21.8. The van der Waals surface area contributed by atoms with E-state index in [9.17, 15) is 9.59 Å². The number of nitrogens with zero attached hydrogens (tertiary/aromatic N) is 3. The first-order valence-electron chi connectivity index (χ1n) is 10.5. The van der Waals surface area contributed by atoms with E-state index in [0.29, 0.717) is 17.6 Å². The van der Waals surface area contributed by atoms with Gasteiger partial charge in [-0.1, -0.05) is 50.2 Å². The van der Waals surface area contributed by atoms with E-state index in [1.807, 2.05) is 36.4 Å². The molecule has 31 heavy (non-hydrogen) atoms. The number of furan rings is 1. The Morgan fingerprint density at radius 1 is 1.06 bits per heavy atom. The molecule has 7 heteroatoms. The Balaban J connectivity index is 1.47. The fraction of sp³-hybridized carbons (Fsp3) is 0.292. The highest BCUT2D eigenvalue weighted by Gasteiger charge is 2.15. The molecule has 0 spiro atoms. The summed E-state index contributed by atoms with van der Waals surface area (Å²) in [6, 6.07) is 15.5. The lowest BCUT2D eigenvalue weighted by atomic mass is 10.1. The van der Waals surface area contributed by atoms with Gasteiger partial charge in [-0.3, -0.25) is 19.1 Å². The lowest BCUT2D eigenvalue weighted by Crippen LogP contribution is -2.32. The minimum Gasteiger partial charge on any atom is -0.448 e. The minimum atomic E-state index is -0.363. The largest absolute Gasteiger partial charge is 0.448 e. The highest BCUT2D eigenvalue weighted by atomic mass is 16.3. The van der Waals surface area contributed by atoms with Crippen molar-refractivity contribution < 1.29 is 9.21 Å². The zero-order valence-electron chi connectivity index (χ0n) is 17.8. The second kappa shape index (κ2) is 9.14. The topological polar surface area (TPSA) is 80.4 Å². The molecule has 2 aromatic heterocycles. The molecular weight excluding hydrogens is 392 g/mol. The summed E-state index contributed by atoms with van der Waals surface area (Å²) in [7, 11) is 0. The summed E-state index contributed by atoms with van der Waals surface area (Å²) >= 11 is 0. The number of carbonyl (C=O) groups excluding carboxylic acids is 1. The van der Waals surface area contributed by atoms with E-state index in [-0.39, 0.29) is 23.6 Å². The van der Waals surface area contributed by atoms with Crippen molar-refractivity contribution in [2.75, 3.05) is 13.1 Å². The summed E-state index contributed by atoms with van der Waals surface area (Å²) in [5.74, 6) is -0.253. The number of hydrogen-bond acceptors (Lipinski definition) is 5. The Bertz CT molecular complexity index is 1270. The number of amides is 1. The van der Waals surface area contributed by atoms with Crippen LogP contribution in [0.15, 0.2) is 64.1 Å².